The number of ether oxygens (including phenoxy) is 6. The zero-order valence-corrected chi connectivity index (χ0v) is 22.7. The SMILES string of the molecule is CC(=O)CCOCCCOCC(CN)(COCCCOCCC(C)=O)COCCCOCCC(C)=O. The Morgan fingerprint density at radius 2 is 0.778 bits per heavy atom. The molecule has 10 nitrogen and oxygen atoms in total. The molecule has 0 bridgehead atoms. The highest BCUT2D eigenvalue weighted by molar-refractivity contribution is 5.76. The van der Waals surface area contributed by atoms with E-state index in [1.807, 2.05) is 0 Å². The predicted molar refractivity (Wildman–Crippen MR) is 136 cm³/mol. The Balaban J connectivity index is 4.32. The molecule has 0 aromatic rings. The van der Waals surface area contributed by atoms with Crippen molar-refractivity contribution < 1.29 is 42.8 Å². The van der Waals surface area contributed by atoms with Gasteiger partial charge in [0.2, 0.25) is 0 Å². The Kier molecular flexibility index (Phi) is 23.2. The Morgan fingerprint density at radius 1 is 0.500 bits per heavy atom. The third-order valence-electron chi connectivity index (χ3n) is 5.19. The molecule has 0 unspecified atom stereocenters. The molecule has 0 aromatic carbocycles. The number of carbonyl (C=O) groups is 3. The van der Waals surface area contributed by atoms with Crippen LogP contribution >= 0.6 is 0 Å². The predicted octanol–water partition coefficient (Wildman–Crippen LogP) is 2.14. The molecule has 0 amide bonds. The number of hydrogen-bond acceptors (Lipinski definition) is 10. The summed E-state index contributed by atoms with van der Waals surface area (Å²) in [5.41, 5.74) is 5.64. The first-order valence-corrected chi connectivity index (χ1v) is 13.0. The van der Waals surface area contributed by atoms with Crippen LogP contribution in [0.25, 0.3) is 0 Å². The van der Waals surface area contributed by atoms with Gasteiger partial charge in [0.25, 0.3) is 0 Å². The van der Waals surface area contributed by atoms with Gasteiger partial charge >= 0.3 is 0 Å². The fourth-order valence-corrected chi connectivity index (χ4v) is 2.91. The molecule has 0 aliphatic carbocycles. The minimum Gasteiger partial charge on any atom is -0.381 e. The van der Waals surface area contributed by atoms with E-state index < -0.39 is 5.41 Å². The van der Waals surface area contributed by atoms with Crippen molar-refractivity contribution in [2.45, 2.75) is 59.3 Å². The normalized spacial score (nSPS) is 11.7. The molecule has 0 saturated heterocycles. The van der Waals surface area contributed by atoms with E-state index in [-0.39, 0.29) is 17.3 Å². The van der Waals surface area contributed by atoms with Crippen molar-refractivity contribution in [1.29, 1.82) is 0 Å². The van der Waals surface area contributed by atoms with Crippen LogP contribution in [0.4, 0.5) is 0 Å². The molecule has 0 aromatic heterocycles. The van der Waals surface area contributed by atoms with Crippen LogP contribution in [0, 0.1) is 5.41 Å². The number of nitrogens with two attached hydrogens (primary N) is 1. The van der Waals surface area contributed by atoms with Crippen molar-refractivity contribution in [2.24, 2.45) is 11.1 Å². The van der Waals surface area contributed by atoms with Crippen LogP contribution in [0.15, 0.2) is 0 Å². The van der Waals surface area contributed by atoms with E-state index in [2.05, 4.69) is 0 Å². The standard InChI is InChI=1S/C26H49NO9/c1-23(28)7-16-31-10-4-13-34-20-26(19-27,21-35-14-5-11-32-17-8-24(2)29)22-36-15-6-12-33-18-9-25(3)30/h4-22,27H2,1-3H3. The average Bonchev–Trinajstić information content (AvgIpc) is 2.83. The summed E-state index contributed by atoms with van der Waals surface area (Å²) in [7, 11) is 0. The van der Waals surface area contributed by atoms with Gasteiger partial charge in [-0.1, -0.05) is 0 Å². The lowest BCUT2D eigenvalue weighted by molar-refractivity contribution is -0.118. The van der Waals surface area contributed by atoms with Crippen LogP contribution in [0.1, 0.15) is 59.3 Å². The van der Waals surface area contributed by atoms with Gasteiger partial charge in [-0.2, -0.15) is 0 Å². The number of carbonyl (C=O) groups excluding carboxylic acids is 3. The summed E-state index contributed by atoms with van der Waals surface area (Å²) in [5, 5.41) is 0. The Labute approximate surface area is 216 Å². The number of ketones is 3. The first-order chi connectivity index (χ1) is 17.3. The van der Waals surface area contributed by atoms with Crippen LogP contribution < -0.4 is 5.73 Å². The van der Waals surface area contributed by atoms with Gasteiger partial charge in [0, 0.05) is 65.4 Å². The summed E-state index contributed by atoms with van der Waals surface area (Å²) in [4.78, 5) is 32.8. The first kappa shape index (κ1) is 34.7. The number of rotatable bonds is 28. The van der Waals surface area contributed by atoms with E-state index in [1.54, 1.807) is 20.8 Å². The molecule has 10 heteroatoms. The van der Waals surface area contributed by atoms with Crippen LogP contribution in [0.3, 0.4) is 0 Å². The summed E-state index contributed by atoms with van der Waals surface area (Å²) < 4.78 is 33.9. The molecule has 0 aliphatic rings. The van der Waals surface area contributed by atoms with E-state index in [9.17, 15) is 14.4 Å². The minimum atomic E-state index is -0.486. The van der Waals surface area contributed by atoms with Crippen molar-refractivity contribution in [3.8, 4) is 0 Å². The molecule has 0 spiro atoms. The van der Waals surface area contributed by atoms with Crippen molar-refractivity contribution in [3.05, 3.63) is 0 Å². The zero-order valence-electron chi connectivity index (χ0n) is 22.7. The maximum absolute atomic E-state index is 10.9. The van der Waals surface area contributed by atoms with Crippen molar-refractivity contribution in [3.63, 3.8) is 0 Å². The van der Waals surface area contributed by atoms with Gasteiger partial charge < -0.3 is 34.2 Å². The Morgan fingerprint density at radius 3 is 1.03 bits per heavy atom. The fourth-order valence-electron chi connectivity index (χ4n) is 2.91. The van der Waals surface area contributed by atoms with Crippen molar-refractivity contribution in [2.75, 3.05) is 85.8 Å². The van der Waals surface area contributed by atoms with Crippen molar-refractivity contribution in [1.82, 2.24) is 0 Å². The lowest BCUT2D eigenvalue weighted by Gasteiger charge is -2.32. The molecular formula is C26H49NO9. The molecule has 212 valence electrons. The van der Waals surface area contributed by atoms with Crippen LogP contribution in [-0.2, 0) is 42.8 Å². The molecule has 36 heavy (non-hydrogen) atoms. The monoisotopic (exact) mass is 519 g/mol. The molecule has 0 atom stereocenters. The molecule has 0 radical (unpaired) electrons. The molecular weight excluding hydrogens is 470 g/mol. The summed E-state index contributed by atoms with van der Waals surface area (Å²) >= 11 is 0. The van der Waals surface area contributed by atoms with E-state index in [0.717, 1.165) is 19.3 Å². The van der Waals surface area contributed by atoms with E-state index in [4.69, 9.17) is 34.2 Å². The van der Waals surface area contributed by atoms with Gasteiger partial charge in [0.05, 0.1) is 45.1 Å². The van der Waals surface area contributed by atoms with Gasteiger partial charge in [-0.25, -0.2) is 0 Å². The Bertz CT molecular complexity index is 498. The fraction of sp³-hybridized carbons (Fsp3) is 0.885. The molecule has 0 saturated carbocycles. The number of Topliss-reactive ketones (excluding diaryl/α,β-unsaturated/α-hetero) is 3. The van der Waals surface area contributed by atoms with E-state index in [1.165, 1.54) is 0 Å². The smallest absolute Gasteiger partial charge is 0.132 e. The van der Waals surface area contributed by atoms with Crippen LogP contribution in [-0.4, -0.2) is 103 Å². The van der Waals surface area contributed by atoms with Gasteiger partial charge in [0.1, 0.15) is 17.3 Å². The third kappa shape index (κ3) is 23.1. The second-order valence-corrected chi connectivity index (χ2v) is 9.12. The summed E-state index contributed by atoms with van der Waals surface area (Å²) in [6, 6.07) is 0. The maximum atomic E-state index is 10.9. The van der Waals surface area contributed by atoms with Gasteiger partial charge in [-0.15, -0.1) is 0 Å². The molecule has 2 N–H and O–H groups in total. The highest BCUT2D eigenvalue weighted by atomic mass is 16.5. The first-order valence-electron chi connectivity index (χ1n) is 13.0. The van der Waals surface area contributed by atoms with E-state index >= 15 is 0 Å². The second kappa shape index (κ2) is 24.1. The quantitative estimate of drug-likeness (QED) is 0.153. The summed E-state index contributed by atoms with van der Waals surface area (Å²) in [6.45, 7) is 10.6. The van der Waals surface area contributed by atoms with Gasteiger partial charge in [0.15, 0.2) is 0 Å². The molecule has 0 rings (SSSR count). The Hall–Kier alpha value is -1.27. The van der Waals surface area contributed by atoms with Crippen LogP contribution in [0.2, 0.25) is 0 Å². The lowest BCUT2D eigenvalue weighted by atomic mass is 9.91. The lowest BCUT2D eigenvalue weighted by Crippen LogP contribution is -2.44. The second-order valence-electron chi connectivity index (χ2n) is 9.12. The summed E-state index contributed by atoms with van der Waals surface area (Å²) in [6.07, 6.45) is 3.43. The topological polar surface area (TPSA) is 133 Å². The number of hydrogen-bond donors (Lipinski definition) is 1. The van der Waals surface area contributed by atoms with Gasteiger partial charge in [-0.05, 0) is 40.0 Å². The van der Waals surface area contributed by atoms with E-state index in [0.29, 0.717) is 105 Å². The van der Waals surface area contributed by atoms with Crippen molar-refractivity contribution >= 4 is 17.3 Å². The largest absolute Gasteiger partial charge is 0.381 e. The zero-order chi connectivity index (χ0) is 26.9. The van der Waals surface area contributed by atoms with Crippen LogP contribution in [0.5, 0.6) is 0 Å². The summed E-state index contributed by atoms with van der Waals surface area (Å²) in [5.74, 6) is 0.345. The highest BCUT2D eigenvalue weighted by Gasteiger charge is 2.30. The average molecular weight is 520 g/mol. The molecule has 0 fully saturated rings. The molecule has 0 aliphatic heterocycles. The maximum Gasteiger partial charge on any atom is 0.132 e. The third-order valence-corrected chi connectivity index (χ3v) is 5.19. The molecule has 0 heterocycles. The highest BCUT2D eigenvalue weighted by Crippen LogP contribution is 2.19. The minimum absolute atomic E-state index is 0.115. The van der Waals surface area contributed by atoms with Gasteiger partial charge in [-0.3, -0.25) is 14.4 Å².